The van der Waals surface area contributed by atoms with Gasteiger partial charge in [-0.1, -0.05) is 17.7 Å². The molecule has 21 heavy (non-hydrogen) atoms. The van der Waals surface area contributed by atoms with Gasteiger partial charge < -0.3 is 15.6 Å². The maximum Gasteiger partial charge on any atom is 0.251 e. The van der Waals surface area contributed by atoms with Crippen molar-refractivity contribution in [1.82, 2.24) is 4.57 Å². The number of nitrogens with one attached hydrogen (secondary N) is 1. The number of carbonyl (C=O) groups excluding carboxylic acids is 1. The minimum atomic E-state index is -0.681. The molecule has 0 aliphatic carbocycles. The smallest absolute Gasteiger partial charge is 0.251 e. The number of hydrogen-bond donors (Lipinski definition) is 2. The third-order valence-electron chi connectivity index (χ3n) is 3.28. The highest BCUT2D eigenvalue weighted by Crippen LogP contribution is 2.23. The number of anilines is 2. The van der Waals surface area contributed by atoms with Crippen LogP contribution in [0.5, 0.6) is 0 Å². The van der Waals surface area contributed by atoms with E-state index in [4.69, 9.17) is 17.3 Å². The van der Waals surface area contributed by atoms with Crippen molar-refractivity contribution in [3.63, 3.8) is 0 Å². The predicted molar refractivity (Wildman–Crippen MR) is 84.6 cm³/mol. The molecule has 0 spiro atoms. The Balaban J connectivity index is 2.26. The van der Waals surface area contributed by atoms with Crippen molar-refractivity contribution in [2.75, 3.05) is 11.1 Å². The second-order valence-corrected chi connectivity index (χ2v) is 5.19. The zero-order valence-electron chi connectivity index (χ0n) is 11.8. The van der Waals surface area contributed by atoms with E-state index >= 15 is 0 Å². The largest absolute Gasteiger partial charge is 0.398 e. The van der Waals surface area contributed by atoms with Crippen LogP contribution in [0.15, 0.2) is 41.3 Å². The molecule has 0 bridgehead atoms. The summed E-state index contributed by atoms with van der Waals surface area (Å²) in [5.41, 5.74) is 7.19. The summed E-state index contributed by atoms with van der Waals surface area (Å²) in [6.45, 7) is 3.45. The number of aromatic nitrogens is 1. The highest BCUT2D eigenvalue weighted by Gasteiger charge is 2.17. The maximum atomic E-state index is 12.3. The first-order chi connectivity index (χ1) is 9.90. The summed E-state index contributed by atoms with van der Waals surface area (Å²) in [6, 6.07) is 7.42. The van der Waals surface area contributed by atoms with Crippen molar-refractivity contribution in [2.45, 2.75) is 19.9 Å². The number of nitrogens with two attached hydrogens (primary N) is 1. The average Bonchev–Trinajstić information content (AvgIpc) is 2.45. The van der Waals surface area contributed by atoms with Crippen molar-refractivity contribution in [3.05, 3.63) is 57.5 Å². The lowest BCUT2D eigenvalue weighted by atomic mass is 10.2. The molecule has 3 N–H and O–H groups in total. The molecule has 1 amide bonds. The molecule has 0 aliphatic heterocycles. The zero-order valence-corrected chi connectivity index (χ0v) is 12.5. The van der Waals surface area contributed by atoms with Crippen LogP contribution in [0, 0.1) is 6.92 Å². The van der Waals surface area contributed by atoms with E-state index in [2.05, 4.69) is 5.32 Å². The van der Waals surface area contributed by atoms with Crippen LogP contribution < -0.4 is 16.6 Å². The van der Waals surface area contributed by atoms with E-state index in [9.17, 15) is 9.59 Å². The minimum Gasteiger partial charge on any atom is -0.398 e. The van der Waals surface area contributed by atoms with Crippen LogP contribution in [-0.4, -0.2) is 10.5 Å². The second-order valence-electron chi connectivity index (χ2n) is 4.79. The van der Waals surface area contributed by atoms with Gasteiger partial charge in [0, 0.05) is 28.7 Å². The van der Waals surface area contributed by atoms with Crippen LogP contribution in [0.4, 0.5) is 11.4 Å². The van der Waals surface area contributed by atoms with Crippen LogP contribution in [0.1, 0.15) is 18.5 Å². The Hall–Kier alpha value is -2.27. The number of nitrogen functional groups attached to an aromatic ring is 1. The molecule has 0 saturated carbocycles. The van der Waals surface area contributed by atoms with E-state index in [1.165, 1.54) is 22.9 Å². The normalized spacial score (nSPS) is 12.0. The summed E-state index contributed by atoms with van der Waals surface area (Å²) in [7, 11) is 0. The molecular weight excluding hydrogens is 290 g/mol. The first kappa shape index (κ1) is 15.1. The van der Waals surface area contributed by atoms with Crippen molar-refractivity contribution < 1.29 is 4.79 Å². The van der Waals surface area contributed by atoms with Crippen LogP contribution in [0.25, 0.3) is 0 Å². The Morgan fingerprint density at radius 3 is 2.76 bits per heavy atom. The number of amides is 1. The SMILES string of the molecule is Cc1c(Cl)cccc1NC(=O)C(C)n1cc(N)ccc1=O. The van der Waals surface area contributed by atoms with Gasteiger partial charge in [0.2, 0.25) is 5.91 Å². The fourth-order valence-corrected chi connectivity index (χ4v) is 2.10. The molecule has 110 valence electrons. The number of pyridine rings is 1. The molecule has 0 radical (unpaired) electrons. The molecule has 1 aromatic carbocycles. The number of halogens is 1. The Morgan fingerprint density at radius 2 is 2.05 bits per heavy atom. The topological polar surface area (TPSA) is 77.1 Å². The van der Waals surface area contributed by atoms with Gasteiger partial charge in [-0.25, -0.2) is 0 Å². The van der Waals surface area contributed by atoms with Gasteiger partial charge in [0.25, 0.3) is 5.56 Å². The third-order valence-corrected chi connectivity index (χ3v) is 3.69. The average molecular weight is 306 g/mol. The second kappa shape index (κ2) is 6.01. The van der Waals surface area contributed by atoms with Crippen molar-refractivity contribution in [2.24, 2.45) is 0 Å². The zero-order chi connectivity index (χ0) is 15.6. The molecule has 2 rings (SSSR count). The Kier molecular flexibility index (Phi) is 4.33. The van der Waals surface area contributed by atoms with Gasteiger partial charge in [-0.2, -0.15) is 0 Å². The first-order valence-electron chi connectivity index (χ1n) is 6.44. The van der Waals surface area contributed by atoms with Crippen LogP contribution in [0.2, 0.25) is 5.02 Å². The monoisotopic (exact) mass is 305 g/mol. The van der Waals surface area contributed by atoms with Gasteiger partial charge >= 0.3 is 0 Å². The predicted octanol–water partition coefficient (Wildman–Crippen LogP) is 2.59. The quantitative estimate of drug-likeness (QED) is 0.915. The van der Waals surface area contributed by atoms with Crippen LogP contribution in [-0.2, 0) is 4.79 Å². The van der Waals surface area contributed by atoms with E-state index in [0.717, 1.165) is 5.56 Å². The summed E-state index contributed by atoms with van der Waals surface area (Å²) < 4.78 is 1.30. The maximum absolute atomic E-state index is 12.3. The molecule has 1 atom stereocenters. The van der Waals surface area contributed by atoms with Crippen LogP contribution >= 0.6 is 11.6 Å². The molecule has 1 aromatic heterocycles. The standard InChI is InChI=1S/C15H16ClN3O2/c1-9-12(16)4-3-5-13(9)18-15(21)10(2)19-8-11(17)6-7-14(19)20/h3-8,10H,17H2,1-2H3,(H,18,21). The first-order valence-corrected chi connectivity index (χ1v) is 6.81. The molecule has 1 unspecified atom stereocenters. The van der Waals surface area contributed by atoms with E-state index in [1.54, 1.807) is 25.1 Å². The molecular formula is C15H16ClN3O2. The number of hydrogen-bond acceptors (Lipinski definition) is 3. The van der Waals surface area contributed by atoms with Gasteiger partial charge in [0.1, 0.15) is 6.04 Å². The molecule has 6 heteroatoms. The van der Waals surface area contributed by atoms with E-state index in [0.29, 0.717) is 16.4 Å². The minimum absolute atomic E-state index is 0.283. The summed E-state index contributed by atoms with van der Waals surface area (Å²) in [4.78, 5) is 24.1. The van der Waals surface area contributed by atoms with Gasteiger partial charge in [-0.3, -0.25) is 9.59 Å². The van der Waals surface area contributed by atoms with Gasteiger partial charge in [0.05, 0.1) is 0 Å². The lowest BCUT2D eigenvalue weighted by Gasteiger charge is -2.16. The molecule has 0 fully saturated rings. The summed E-state index contributed by atoms with van der Waals surface area (Å²) in [5, 5.41) is 3.34. The third kappa shape index (κ3) is 3.25. The van der Waals surface area contributed by atoms with Crippen molar-refractivity contribution >= 4 is 28.9 Å². The number of nitrogens with zero attached hydrogens (tertiary/aromatic N) is 1. The fourth-order valence-electron chi connectivity index (χ4n) is 1.93. The highest BCUT2D eigenvalue weighted by atomic mass is 35.5. The summed E-state index contributed by atoms with van der Waals surface area (Å²) in [5.74, 6) is -0.312. The van der Waals surface area contributed by atoms with Gasteiger partial charge in [-0.15, -0.1) is 0 Å². The van der Waals surface area contributed by atoms with Crippen LogP contribution in [0.3, 0.4) is 0 Å². The number of benzene rings is 1. The van der Waals surface area contributed by atoms with E-state index < -0.39 is 6.04 Å². The van der Waals surface area contributed by atoms with Crippen molar-refractivity contribution in [3.8, 4) is 0 Å². The number of rotatable bonds is 3. The summed E-state index contributed by atoms with van der Waals surface area (Å²) >= 11 is 6.02. The molecule has 2 aromatic rings. The lowest BCUT2D eigenvalue weighted by Crippen LogP contribution is -2.31. The Morgan fingerprint density at radius 1 is 1.33 bits per heavy atom. The molecule has 0 saturated heterocycles. The lowest BCUT2D eigenvalue weighted by molar-refractivity contribution is -0.118. The Labute approximate surface area is 127 Å². The molecule has 1 heterocycles. The van der Waals surface area contributed by atoms with E-state index in [1.807, 2.05) is 6.92 Å². The molecule has 5 nitrogen and oxygen atoms in total. The van der Waals surface area contributed by atoms with Gasteiger partial charge in [-0.05, 0) is 37.6 Å². The van der Waals surface area contributed by atoms with Crippen molar-refractivity contribution in [1.29, 1.82) is 0 Å². The Bertz CT molecular complexity index is 740. The summed E-state index contributed by atoms with van der Waals surface area (Å²) in [6.07, 6.45) is 1.46. The fraction of sp³-hybridized carbons (Fsp3) is 0.200. The highest BCUT2D eigenvalue weighted by molar-refractivity contribution is 6.31. The van der Waals surface area contributed by atoms with E-state index in [-0.39, 0.29) is 11.5 Å². The number of carbonyl (C=O) groups is 1. The molecule has 0 aliphatic rings. The van der Waals surface area contributed by atoms with Gasteiger partial charge in [0.15, 0.2) is 0 Å².